The van der Waals surface area contributed by atoms with Gasteiger partial charge in [0.25, 0.3) is 0 Å². The fraction of sp³-hybridized carbons (Fsp3) is 0.500. The number of halogens is 1. The van der Waals surface area contributed by atoms with E-state index in [9.17, 15) is 4.79 Å². The van der Waals surface area contributed by atoms with Gasteiger partial charge in [-0.05, 0) is 31.0 Å². The molecule has 0 saturated carbocycles. The van der Waals surface area contributed by atoms with E-state index in [1.165, 1.54) is 0 Å². The van der Waals surface area contributed by atoms with E-state index in [4.69, 9.17) is 16.3 Å². The summed E-state index contributed by atoms with van der Waals surface area (Å²) in [5.74, 6) is 2.61. The van der Waals surface area contributed by atoms with Crippen molar-refractivity contribution in [3.05, 3.63) is 34.9 Å². The van der Waals surface area contributed by atoms with Gasteiger partial charge in [-0.25, -0.2) is 9.67 Å². The zero-order valence-electron chi connectivity index (χ0n) is 14.7. The molecule has 134 valence electrons. The minimum atomic E-state index is 0.257. The summed E-state index contributed by atoms with van der Waals surface area (Å²) in [6, 6.07) is 5.46. The molecular weight excluding hydrogens is 340 g/mol. The van der Waals surface area contributed by atoms with Crippen LogP contribution in [-0.4, -0.2) is 45.8 Å². The Kier molecular flexibility index (Phi) is 5.58. The summed E-state index contributed by atoms with van der Waals surface area (Å²) < 4.78 is 7.27. The van der Waals surface area contributed by atoms with Gasteiger partial charge in [-0.3, -0.25) is 4.79 Å². The first kappa shape index (κ1) is 17.7. The summed E-state index contributed by atoms with van der Waals surface area (Å²) in [6.45, 7) is 3.66. The monoisotopic (exact) mass is 362 g/mol. The number of hydrogen-bond donors (Lipinski definition) is 0. The van der Waals surface area contributed by atoms with Crippen LogP contribution in [0.25, 0.3) is 5.69 Å². The van der Waals surface area contributed by atoms with Crippen molar-refractivity contribution in [1.82, 2.24) is 19.7 Å². The summed E-state index contributed by atoms with van der Waals surface area (Å²) in [5, 5.41) is 5.22. The molecule has 2 heterocycles. The van der Waals surface area contributed by atoms with E-state index in [2.05, 4.69) is 10.1 Å². The molecule has 1 aliphatic heterocycles. The van der Waals surface area contributed by atoms with E-state index in [1.807, 2.05) is 28.6 Å². The highest BCUT2D eigenvalue weighted by Crippen LogP contribution is 2.27. The number of ether oxygens (including phenoxy) is 1. The van der Waals surface area contributed by atoms with Gasteiger partial charge in [0.2, 0.25) is 5.91 Å². The summed E-state index contributed by atoms with van der Waals surface area (Å²) in [7, 11) is 1.63. The number of carbonyl (C=O) groups is 1. The van der Waals surface area contributed by atoms with Crippen molar-refractivity contribution in [2.45, 2.75) is 39.0 Å². The quantitative estimate of drug-likeness (QED) is 0.759. The van der Waals surface area contributed by atoms with E-state index in [1.54, 1.807) is 13.2 Å². The molecule has 2 aromatic rings. The molecule has 0 radical (unpaired) electrons. The maximum absolute atomic E-state index is 11.7. The minimum absolute atomic E-state index is 0.257. The number of hydrogen-bond acceptors (Lipinski definition) is 4. The van der Waals surface area contributed by atoms with Crippen LogP contribution in [0.2, 0.25) is 5.02 Å². The number of carbonyl (C=O) groups excluding carboxylic acids is 1. The molecule has 1 amide bonds. The highest BCUT2D eigenvalue weighted by Gasteiger charge is 2.20. The van der Waals surface area contributed by atoms with Gasteiger partial charge < -0.3 is 9.64 Å². The second-order valence-electron chi connectivity index (χ2n) is 6.11. The zero-order valence-corrected chi connectivity index (χ0v) is 15.4. The average Bonchev–Trinajstić information content (AvgIpc) is 3.21. The smallest absolute Gasteiger partial charge is 0.222 e. The molecule has 0 atom stereocenters. The fourth-order valence-corrected chi connectivity index (χ4v) is 3.26. The molecule has 1 aromatic heterocycles. The van der Waals surface area contributed by atoms with Gasteiger partial charge in [0, 0.05) is 37.4 Å². The third kappa shape index (κ3) is 3.95. The fourth-order valence-electron chi connectivity index (χ4n) is 3.09. The number of aromatic nitrogens is 3. The lowest BCUT2D eigenvalue weighted by Crippen LogP contribution is -2.26. The summed E-state index contributed by atoms with van der Waals surface area (Å²) >= 11 is 6.16. The normalized spacial score (nSPS) is 14.4. The summed E-state index contributed by atoms with van der Waals surface area (Å²) in [6.07, 6.45) is 4.00. The van der Waals surface area contributed by atoms with Gasteiger partial charge in [0.05, 0.1) is 7.11 Å². The second kappa shape index (κ2) is 7.87. The number of benzene rings is 1. The molecule has 1 fully saturated rings. The SMILES string of the molecule is CCc1nc(CCCN2CCCC2=O)n(-c2cc(Cl)ccc2OC)n1. The molecule has 25 heavy (non-hydrogen) atoms. The van der Waals surface area contributed by atoms with Crippen LogP contribution in [0.3, 0.4) is 0 Å². The Hall–Kier alpha value is -2.08. The molecule has 7 heteroatoms. The van der Waals surface area contributed by atoms with Gasteiger partial charge in [0.15, 0.2) is 5.82 Å². The van der Waals surface area contributed by atoms with Crippen molar-refractivity contribution in [3.8, 4) is 11.4 Å². The third-order valence-corrected chi connectivity index (χ3v) is 4.64. The molecule has 0 aliphatic carbocycles. The minimum Gasteiger partial charge on any atom is -0.494 e. The predicted octanol–water partition coefficient (Wildman–Crippen LogP) is 3.05. The van der Waals surface area contributed by atoms with Gasteiger partial charge >= 0.3 is 0 Å². The van der Waals surface area contributed by atoms with Crippen molar-refractivity contribution in [2.24, 2.45) is 0 Å². The number of rotatable bonds is 7. The van der Waals surface area contributed by atoms with Crippen molar-refractivity contribution < 1.29 is 9.53 Å². The van der Waals surface area contributed by atoms with Crippen molar-refractivity contribution in [1.29, 1.82) is 0 Å². The predicted molar refractivity (Wildman–Crippen MR) is 96.4 cm³/mol. The maximum Gasteiger partial charge on any atom is 0.222 e. The average molecular weight is 363 g/mol. The molecular formula is C18H23ClN4O2. The molecule has 6 nitrogen and oxygen atoms in total. The van der Waals surface area contributed by atoms with Crippen LogP contribution >= 0.6 is 11.6 Å². The first-order valence-electron chi connectivity index (χ1n) is 8.69. The topological polar surface area (TPSA) is 60.2 Å². The Morgan fingerprint density at radius 3 is 2.88 bits per heavy atom. The molecule has 3 rings (SSSR count). The molecule has 1 saturated heterocycles. The van der Waals surface area contributed by atoms with Crippen molar-refractivity contribution in [3.63, 3.8) is 0 Å². The number of likely N-dealkylation sites (tertiary alicyclic amines) is 1. The Morgan fingerprint density at radius 2 is 2.20 bits per heavy atom. The molecule has 0 spiro atoms. The van der Waals surface area contributed by atoms with Gasteiger partial charge in [-0.15, -0.1) is 0 Å². The summed E-state index contributed by atoms with van der Waals surface area (Å²) in [5.41, 5.74) is 0.787. The Bertz CT molecular complexity index is 760. The van der Waals surface area contributed by atoms with E-state index >= 15 is 0 Å². The van der Waals surface area contributed by atoms with Gasteiger partial charge in [-0.2, -0.15) is 5.10 Å². The molecule has 0 N–H and O–H groups in total. The first-order valence-corrected chi connectivity index (χ1v) is 9.06. The molecule has 1 aromatic carbocycles. The molecule has 1 aliphatic rings. The Balaban J connectivity index is 1.81. The van der Waals surface area contributed by atoms with E-state index in [0.29, 0.717) is 17.2 Å². The summed E-state index contributed by atoms with van der Waals surface area (Å²) in [4.78, 5) is 18.3. The molecule has 0 unspecified atom stereocenters. The molecule has 0 bridgehead atoms. The van der Waals surface area contributed by atoms with Gasteiger partial charge in [0.1, 0.15) is 17.3 Å². The number of methoxy groups -OCH3 is 1. The van der Waals surface area contributed by atoms with Crippen LogP contribution in [0.15, 0.2) is 18.2 Å². The maximum atomic E-state index is 11.7. The number of amides is 1. The van der Waals surface area contributed by atoms with E-state index in [0.717, 1.165) is 56.1 Å². The number of nitrogens with zero attached hydrogens (tertiary/aromatic N) is 4. The van der Waals surface area contributed by atoms with E-state index in [-0.39, 0.29) is 5.91 Å². The first-order chi connectivity index (χ1) is 12.1. The van der Waals surface area contributed by atoms with Crippen LogP contribution in [0.5, 0.6) is 5.75 Å². The van der Waals surface area contributed by atoms with Crippen molar-refractivity contribution in [2.75, 3.05) is 20.2 Å². The zero-order chi connectivity index (χ0) is 17.8. The van der Waals surface area contributed by atoms with Crippen LogP contribution in [0.1, 0.15) is 37.8 Å². The lowest BCUT2D eigenvalue weighted by Gasteiger charge is -2.15. The Labute approximate surface area is 152 Å². The van der Waals surface area contributed by atoms with Crippen molar-refractivity contribution >= 4 is 17.5 Å². The Morgan fingerprint density at radius 1 is 1.36 bits per heavy atom. The van der Waals surface area contributed by atoms with Crippen LogP contribution in [0, 0.1) is 0 Å². The van der Waals surface area contributed by atoms with Crippen LogP contribution < -0.4 is 4.74 Å². The largest absolute Gasteiger partial charge is 0.494 e. The number of aryl methyl sites for hydroxylation is 2. The standard InChI is InChI=1S/C18H23ClN4O2/c1-3-16-20-17(6-4-10-22-11-5-7-18(22)24)23(21-16)14-12-13(19)8-9-15(14)25-2/h8-9,12H,3-7,10-11H2,1-2H3. The lowest BCUT2D eigenvalue weighted by atomic mass is 10.2. The highest BCUT2D eigenvalue weighted by atomic mass is 35.5. The lowest BCUT2D eigenvalue weighted by molar-refractivity contribution is -0.127. The third-order valence-electron chi connectivity index (χ3n) is 4.40. The van der Waals surface area contributed by atoms with Crippen LogP contribution in [-0.2, 0) is 17.6 Å². The van der Waals surface area contributed by atoms with Crippen LogP contribution in [0.4, 0.5) is 0 Å². The highest BCUT2D eigenvalue weighted by molar-refractivity contribution is 6.30. The van der Waals surface area contributed by atoms with E-state index < -0.39 is 0 Å². The second-order valence-corrected chi connectivity index (χ2v) is 6.55. The van der Waals surface area contributed by atoms with Gasteiger partial charge in [-0.1, -0.05) is 18.5 Å².